The number of methoxy groups -OCH3 is 1. The maximum absolute atomic E-state index is 11.5. The quantitative estimate of drug-likeness (QED) is 0.714. The molecule has 0 aliphatic heterocycles. The van der Waals surface area contributed by atoms with Crippen LogP contribution in [-0.2, 0) is 7.05 Å². The fourth-order valence-electron chi connectivity index (χ4n) is 1.42. The third kappa shape index (κ3) is 1.64. The second kappa shape index (κ2) is 3.82. The van der Waals surface area contributed by atoms with Crippen molar-refractivity contribution in [2.24, 2.45) is 7.05 Å². The lowest BCUT2D eigenvalue weighted by Gasteiger charge is -2.13. The molecule has 0 N–H and O–H groups in total. The number of hydrogen-bond donors (Lipinski definition) is 0. The van der Waals surface area contributed by atoms with Crippen LogP contribution in [0.25, 0.3) is 0 Å². The van der Waals surface area contributed by atoms with Gasteiger partial charge in [-0.15, -0.1) is 0 Å². The van der Waals surface area contributed by atoms with Crippen molar-refractivity contribution in [3.8, 4) is 5.75 Å². The van der Waals surface area contributed by atoms with E-state index in [2.05, 4.69) is 5.10 Å². The summed E-state index contributed by atoms with van der Waals surface area (Å²) in [5.74, 6) is 0.860. The van der Waals surface area contributed by atoms with Crippen LogP contribution in [-0.4, -0.2) is 16.9 Å². The lowest BCUT2D eigenvalue weighted by atomic mass is 10.1. The second-order valence-corrected chi connectivity index (χ2v) is 3.63. The number of hydrogen-bond acceptors (Lipinski definition) is 3. The van der Waals surface area contributed by atoms with Crippen molar-refractivity contribution in [3.63, 3.8) is 0 Å². The van der Waals surface area contributed by atoms with Crippen molar-refractivity contribution in [1.82, 2.24) is 9.78 Å². The van der Waals surface area contributed by atoms with E-state index in [-0.39, 0.29) is 11.5 Å². The van der Waals surface area contributed by atoms with Crippen molar-refractivity contribution in [1.29, 1.82) is 0 Å². The SMILES string of the molecule is COc1c(C(C)C)nn(C)c(=O)c1C. The summed E-state index contributed by atoms with van der Waals surface area (Å²) in [5, 5.41) is 4.18. The van der Waals surface area contributed by atoms with Gasteiger partial charge in [0.1, 0.15) is 5.69 Å². The Kier molecular flexibility index (Phi) is 2.93. The van der Waals surface area contributed by atoms with E-state index in [1.807, 2.05) is 13.8 Å². The Bertz CT molecular complexity index is 394. The van der Waals surface area contributed by atoms with Gasteiger partial charge in [-0.1, -0.05) is 13.8 Å². The van der Waals surface area contributed by atoms with Gasteiger partial charge in [0.25, 0.3) is 5.56 Å². The Balaban J connectivity index is 3.52. The van der Waals surface area contributed by atoms with Gasteiger partial charge in [0.2, 0.25) is 0 Å². The molecule has 0 saturated carbocycles. The summed E-state index contributed by atoms with van der Waals surface area (Å²) in [5.41, 5.74) is 1.34. The minimum absolute atomic E-state index is 0.105. The van der Waals surface area contributed by atoms with Crippen molar-refractivity contribution >= 4 is 0 Å². The zero-order chi connectivity index (χ0) is 10.9. The molecule has 0 radical (unpaired) electrons. The molecule has 1 heterocycles. The first kappa shape index (κ1) is 10.8. The minimum atomic E-state index is -0.105. The molecule has 78 valence electrons. The van der Waals surface area contributed by atoms with E-state index in [1.165, 1.54) is 4.68 Å². The molecular formula is C10H16N2O2. The number of aryl methyl sites for hydroxylation is 1. The Morgan fingerprint density at radius 2 is 2.00 bits per heavy atom. The molecule has 0 aromatic carbocycles. The highest BCUT2D eigenvalue weighted by Crippen LogP contribution is 2.24. The van der Waals surface area contributed by atoms with Gasteiger partial charge in [-0.25, -0.2) is 4.68 Å². The van der Waals surface area contributed by atoms with Crippen molar-refractivity contribution < 1.29 is 4.74 Å². The summed E-state index contributed by atoms with van der Waals surface area (Å²) in [6.07, 6.45) is 0. The maximum Gasteiger partial charge on any atom is 0.273 e. The summed E-state index contributed by atoms with van der Waals surface area (Å²) in [7, 11) is 3.22. The summed E-state index contributed by atoms with van der Waals surface area (Å²) in [4.78, 5) is 11.5. The first-order valence-electron chi connectivity index (χ1n) is 4.60. The van der Waals surface area contributed by atoms with Crippen LogP contribution in [0.3, 0.4) is 0 Å². The molecular weight excluding hydrogens is 180 g/mol. The van der Waals surface area contributed by atoms with Gasteiger partial charge in [-0.2, -0.15) is 5.10 Å². The zero-order valence-corrected chi connectivity index (χ0v) is 9.29. The summed E-state index contributed by atoms with van der Waals surface area (Å²) in [6.45, 7) is 5.80. The lowest BCUT2D eigenvalue weighted by Crippen LogP contribution is -2.24. The van der Waals surface area contributed by atoms with Gasteiger partial charge < -0.3 is 4.74 Å². The van der Waals surface area contributed by atoms with Gasteiger partial charge in [-0.05, 0) is 6.92 Å². The van der Waals surface area contributed by atoms with Crippen LogP contribution in [0.4, 0.5) is 0 Å². The van der Waals surface area contributed by atoms with E-state index in [9.17, 15) is 4.79 Å². The molecule has 0 saturated heterocycles. The fourth-order valence-corrected chi connectivity index (χ4v) is 1.42. The van der Waals surface area contributed by atoms with Crippen molar-refractivity contribution in [3.05, 3.63) is 21.6 Å². The second-order valence-electron chi connectivity index (χ2n) is 3.63. The number of aromatic nitrogens is 2. The molecule has 1 rings (SSSR count). The molecule has 1 aromatic rings. The molecule has 0 aliphatic rings. The molecule has 0 amide bonds. The molecule has 0 aliphatic carbocycles. The Hall–Kier alpha value is -1.32. The summed E-state index contributed by atoms with van der Waals surface area (Å²) < 4.78 is 6.55. The van der Waals surface area contributed by atoms with Crippen LogP contribution in [0.2, 0.25) is 0 Å². The molecule has 14 heavy (non-hydrogen) atoms. The monoisotopic (exact) mass is 196 g/mol. The Morgan fingerprint density at radius 1 is 1.43 bits per heavy atom. The molecule has 0 spiro atoms. The Labute approximate surface area is 83.5 Å². The van der Waals surface area contributed by atoms with Crippen LogP contribution >= 0.6 is 0 Å². The first-order chi connectivity index (χ1) is 6.49. The highest BCUT2D eigenvalue weighted by Gasteiger charge is 2.15. The summed E-state index contributed by atoms with van der Waals surface area (Å²) in [6, 6.07) is 0. The molecule has 0 fully saturated rings. The average molecular weight is 196 g/mol. The molecule has 1 aromatic heterocycles. The zero-order valence-electron chi connectivity index (χ0n) is 9.29. The molecule has 0 atom stereocenters. The van der Waals surface area contributed by atoms with Crippen molar-refractivity contribution in [2.75, 3.05) is 7.11 Å². The number of ether oxygens (including phenoxy) is 1. The highest BCUT2D eigenvalue weighted by molar-refractivity contribution is 5.35. The van der Waals surface area contributed by atoms with Gasteiger partial charge >= 0.3 is 0 Å². The van der Waals surface area contributed by atoms with Crippen LogP contribution < -0.4 is 10.3 Å². The van der Waals surface area contributed by atoms with E-state index >= 15 is 0 Å². The predicted octanol–water partition coefficient (Wildman–Crippen LogP) is 1.22. The standard InChI is InChI=1S/C10H16N2O2/c1-6(2)8-9(14-5)7(3)10(13)12(4)11-8/h6H,1-5H3. The fraction of sp³-hybridized carbons (Fsp3) is 0.600. The van der Waals surface area contributed by atoms with Crippen LogP contribution in [0.5, 0.6) is 5.75 Å². The molecule has 4 nitrogen and oxygen atoms in total. The van der Waals surface area contributed by atoms with E-state index in [0.717, 1.165) is 5.69 Å². The molecule has 0 bridgehead atoms. The van der Waals surface area contributed by atoms with E-state index in [4.69, 9.17) is 4.74 Å². The van der Waals surface area contributed by atoms with Crippen LogP contribution in [0.1, 0.15) is 31.0 Å². The highest BCUT2D eigenvalue weighted by atomic mass is 16.5. The Morgan fingerprint density at radius 3 is 2.43 bits per heavy atom. The maximum atomic E-state index is 11.5. The van der Waals surface area contributed by atoms with E-state index in [0.29, 0.717) is 11.3 Å². The van der Waals surface area contributed by atoms with Crippen LogP contribution in [0, 0.1) is 6.92 Å². The topological polar surface area (TPSA) is 44.1 Å². The van der Waals surface area contributed by atoms with Crippen LogP contribution in [0.15, 0.2) is 4.79 Å². The third-order valence-corrected chi connectivity index (χ3v) is 2.20. The normalized spacial score (nSPS) is 10.7. The molecule has 0 unspecified atom stereocenters. The van der Waals surface area contributed by atoms with Gasteiger partial charge in [-0.3, -0.25) is 4.79 Å². The van der Waals surface area contributed by atoms with Gasteiger partial charge in [0.15, 0.2) is 5.75 Å². The smallest absolute Gasteiger partial charge is 0.273 e. The summed E-state index contributed by atoms with van der Waals surface area (Å²) >= 11 is 0. The number of nitrogens with zero attached hydrogens (tertiary/aromatic N) is 2. The van der Waals surface area contributed by atoms with Gasteiger partial charge in [0, 0.05) is 13.0 Å². The van der Waals surface area contributed by atoms with Crippen molar-refractivity contribution in [2.45, 2.75) is 26.7 Å². The van der Waals surface area contributed by atoms with Gasteiger partial charge in [0.05, 0.1) is 12.7 Å². The average Bonchev–Trinajstić information content (AvgIpc) is 2.13. The predicted molar refractivity (Wildman–Crippen MR) is 54.9 cm³/mol. The van der Waals surface area contributed by atoms with E-state index in [1.54, 1.807) is 21.1 Å². The lowest BCUT2D eigenvalue weighted by molar-refractivity contribution is 0.393. The largest absolute Gasteiger partial charge is 0.494 e. The first-order valence-corrected chi connectivity index (χ1v) is 4.60. The third-order valence-electron chi connectivity index (χ3n) is 2.20. The van der Waals surface area contributed by atoms with E-state index < -0.39 is 0 Å². The molecule has 4 heteroatoms. The minimum Gasteiger partial charge on any atom is -0.494 e. The number of rotatable bonds is 2.